The molecular formula is C27H44N6O3. The molecular weight excluding hydrogens is 456 g/mol. The van der Waals surface area contributed by atoms with E-state index in [0.29, 0.717) is 44.0 Å². The van der Waals surface area contributed by atoms with E-state index in [2.05, 4.69) is 28.5 Å². The van der Waals surface area contributed by atoms with Crippen molar-refractivity contribution in [1.82, 2.24) is 24.9 Å². The number of nitriles is 1. The Morgan fingerprint density at radius 3 is 2.56 bits per heavy atom. The Balaban J connectivity index is 1.83. The Kier molecular flexibility index (Phi) is 10.5. The summed E-state index contributed by atoms with van der Waals surface area (Å²) in [6.07, 6.45) is 4.98. The molecule has 200 valence electrons. The van der Waals surface area contributed by atoms with Crippen molar-refractivity contribution in [2.75, 3.05) is 61.2 Å². The van der Waals surface area contributed by atoms with Crippen molar-refractivity contribution in [3.05, 3.63) is 29.1 Å². The largest absolute Gasteiger partial charge is 0.384 e. The fraction of sp³-hybridized carbons (Fsp3) is 0.741. The van der Waals surface area contributed by atoms with E-state index in [1.54, 1.807) is 14.2 Å². The molecule has 3 rings (SSSR count). The number of nitrogens with zero attached hydrogens (tertiary/aromatic N) is 5. The molecule has 1 amide bonds. The van der Waals surface area contributed by atoms with Crippen LogP contribution in [-0.4, -0.2) is 86.7 Å². The van der Waals surface area contributed by atoms with E-state index in [-0.39, 0.29) is 11.3 Å². The number of carbonyl (C=O) groups excluding carboxylic acids is 1. The number of aromatic nitrogens is 2. The van der Waals surface area contributed by atoms with Crippen molar-refractivity contribution < 1.29 is 14.3 Å². The van der Waals surface area contributed by atoms with Crippen LogP contribution < -0.4 is 5.32 Å². The number of allylic oxidation sites excluding steroid dienone is 1. The van der Waals surface area contributed by atoms with Crippen LogP contribution in [0.2, 0.25) is 0 Å². The normalized spacial score (nSPS) is 17.7. The second-order valence-corrected chi connectivity index (χ2v) is 10.5. The summed E-state index contributed by atoms with van der Waals surface area (Å²) in [5.74, 6) is 0.497. The van der Waals surface area contributed by atoms with E-state index in [1.165, 1.54) is 11.3 Å². The van der Waals surface area contributed by atoms with Gasteiger partial charge in [-0.15, -0.1) is 0 Å². The highest BCUT2D eigenvalue weighted by molar-refractivity contribution is 5.76. The molecule has 1 N–H and O–H groups in total. The molecule has 9 nitrogen and oxygen atoms in total. The average molecular weight is 501 g/mol. The van der Waals surface area contributed by atoms with Crippen LogP contribution in [0.25, 0.3) is 0 Å². The highest BCUT2D eigenvalue weighted by Crippen LogP contribution is 2.45. The summed E-state index contributed by atoms with van der Waals surface area (Å²) in [5.41, 5.74) is 4.19. The molecule has 36 heavy (non-hydrogen) atoms. The minimum Gasteiger partial charge on any atom is -0.384 e. The molecule has 1 aliphatic heterocycles. The number of nitrogens with one attached hydrogen (secondary N) is 1. The highest BCUT2D eigenvalue weighted by atomic mass is 16.5. The van der Waals surface area contributed by atoms with Gasteiger partial charge in [-0.3, -0.25) is 14.4 Å². The van der Waals surface area contributed by atoms with Crippen LogP contribution in [0.5, 0.6) is 0 Å². The summed E-state index contributed by atoms with van der Waals surface area (Å²) in [6, 6.07) is 2.05. The van der Waals surface area contributed by atoms with E-state index >= 15 is 0 Å². The summed E-state index contributed by atoms with van der Waals surface area (Å²) in [5, 5.41) is 17.3. The number of ether oxygens (including phenoxy) is 2. The third-order valence-electron chi connectivity index (χ3n) is 7.77. The van der Waals surface area contributed by atoms with Crippen molar-refractivity contribution in [3.8, 4) is 6.07 Å². The molecule has 0 spiro atoms. The van der Waals surface area contributed by atoms with Gasteiger partial charge >= 0.3 is 0 Å². The lowest BCUT2D eigenvalue weighted by Gasteiger charge is -2.40. The van der Waals surface area contributed by atoms with Gasteiger partial charge in [-0.05, 0) is 52.1 Å². The molecule has 0 bridgehead atoms. The SMILES string of the molecule is C=C(C#N)CCC(=O)N1CCn2nc(CN(C)CCNC)c(C3CCC(COC)(COC)CC3)c2C1. The van der Waals surface area contributed by atoms with Crippen LogP contribution in [-0.2, 0) is 33.9 Å². The summed E-state index contributed by atoms with van der Waals surface area (Å²) < 4.78 is 13.3. The fourth-order valence-electron chi connectivity index (χ4n) is 5.76. The predicted molar refractivity (Wildman–Crippen MR) is 139 cm³/mol. The molecule has 1 fully saturated rings. The quantitative estimate of drug-likeness (QED) is 0.416. The average Bonchev–Trinajstić information content (AvgIpc) is 3.23. The van der Waals surface area contributed by atoms with Gasteiger partial charge in [0, 0.05) is 63.4 Å². The van der Waals surface area contributed by atoms with Gasteiger partial charge in [0.15, 0.2) is 0 Å². The standard InChI is InChI=1S/C27H44N6O3/c1-21(16-28)6-7-25(34)32-14-15-33-24(18-32)26(23(30-33)17-31(3)13-12-29-2)22-8-10-27(11-9-22,19-35-4)20-36-5/h22,29H,1,6-15,17-20H2,2-5H3. The van der Waals surface area contributed by atoms with Crippen molar-refractivity contribution in [2.45, 2.75) is 64.1 Å². The maximum Gasteiger partial charge on any atom is 0.223 e. The topological polar surface area (TPSA) is 95.7 Å². The van der Waals surface area contributed by atoms with Crippen LogP contribution in [0.4, 0.5) is 0 Å². The first-order valence-corrected chi connectivity index (χ1v) is 13.1. The molecule has 0 atom stereocenters. The summed E-state index contributed by atoms with van der Waals surface area (Å²) in [6.45, 7) is 9.76. The monoisotopic (exact) mass is 500 g/mol. The number of rotatable bonds is 13. The first kappa shape index (κ1) is 28.3. The Morgan fingerprint density at radius 1 is 1.25 bits per heavy atom. The molecule has 2 heterocycles. The first-order valence-electron chi connectivity index (χ1n) is 13.1. The lowest BCUT2D eigenvalue weighted by Crippen LogP contribution is -2.39. The molecule has 2 aliphatic rings. The summed E-state index contributed by atoms with van der Waals surface area (Å²) in [4.78, 5) is 17.2. The zero-order valence-electron chi connectivity index (χ0n) is 22.6. The second-order valence-electron chi connectivity index (χ2n) is 10.5. The molecule has 0 unspecified atom stereocenters. The molecule has 0 saturated heterocycles. The first-order chi connectivity index (χ1) is 17.4. The van der Waals surface area contributed by atoms with Crippen LogP contribution in [0, 0.1) is 16.7 Å². The van der Waals surface area contributed by atoms with E-state index < -0.39 is 0 Å². The van der Waals surface area contributed by atoms with Crippen molar-refractivity contribution in [2.24, 2.45) is 5.41 Å². The van der Waals surface area contributed by atoms with Gasteiger partial charge < -0.3 is 19.7 Å². The zero-order chi connectivity index (χ0) is 26.1. The molecule has 0 aromatic carbocycles. The number of fused-ring (bicyclic) bond motifs is 1. The zero-order valence-corrected chi connectivity index (χ0v) is 22.6. The number of likely N-dealkylation sites (N-methyl/N-ethyl adjacent to an activating group) is 2. The van der Waals surface area contributed by atoms with E-state index in [1.807, 2.05) is 18.0 Å². The minimum absolute atomic E-state index is 0.0715. The molecule has 1 saturated carbocycles. The third-order valence-corrected chi connectivity index (χ3v) is 7.77. The number of hydrogen-bond acceptors (Lipinski definition) is 7. The maximum atomic E-state index is 13.0. The number of methoxy groups -OCH3 is 2. The summed E-state index contributed by atoms with van der Waals surface area (Å²) in [7, 11) is 7.66. The molecule has 1 aromatic heterocycles. The van der Waals surface area contributed by atoms with Crippen LogP contribution in [0.15, 0.2) is 12.2 Å². The lowest BCUT2D eigenvalue weighted by molar-refractivity contribution is -0.132. The second kappa shape index (κ2) is 13.3. The van der Waals surface area contributed by atoms with Gasteiger partial charge in [0.25, 0.3) is 0 Å². The molecule has 1 aromatic rings. The maximum absolute atomic E-state index is 13.0. The Labute approximate surface area is 216 Å². The Bertz CT molecular complexity index is 921. The molecule has 0 radical (unpaired) electrons. The van der Waals surface area contributed by atoms with Gasteiger partial charge in [-0.2, -0.15) is 10.4 Å². The smallest absolute Gasteiger partial charge is 0.223 e. The van der Waals surface area contributed by atoms with Crippen molar-refractivity contribution >= 4 is 5.91 Å². The van der Waals surface area contributed by atoms with Crippen LogP contribution in [0.3, 0.4) is 0 Å². The van der Waals surface area contributed by atoms with Gasteiger partial charge in [0.05, 0.1) is 43.8 Å². The van der Waals surface area contributed by atoms with E-state index in [4.69, 9.17) is 19.8 Å². The lowest BCUT2D eigenvalue weighted by atomic mass is 9.69. The number of hydrogen-bond donors (Lipinski definition) is 1. The van der Waals surface area contributed by atoms with Crippen molar-refractivity contribution in [1.29, 1.82) is 5.26 Å². The van der Waals surface area contributed by atoms with Crippen LogP contribution >= 0.6 is 0 Å². The van der Waals surface area contributed by atoms with Crippen LogP contribution in [0.1, 0.15) is 61.4 Å². The van der Waals surface area contributed by atoms with E-state index in [0.717, 1.165) is 64.2 Å². The number of carbonyl (C=O) groups is 1. The Morgan fingerprint density at radius 2 is 1.94 bits per heavy atom. The van der Waals surface area contributed by atoms with Gasteiger partial charge in [0.2, 0.25) is 5.91 Å². The third kappa shape index (κ3) is 6.94. The van der Waals surface area contributed by atoms with Gasteiger partial charge in [-0.1, -0.05) is 6.58 Å². The predicted octanol–water partition coefficient (Wildman–Crippen LogP) is 2.67. The molecule has 1 aliphatic carbocycles. The van der Waals surface area contributed by atoms with Gasteiger partial charge in [-0.25, -0.2) is 0 Å². The van der Waals surface area contributed by atoms with Crippen molar-refractivity contribution in [3.63, 3.8) is 0 Å². The fourth-order valence-corrected chi connectivity index (χ4v) is 5.76. The highest BCUT2D eigenvalue weighted by Gasteiger charge is 2.39. The summed E-state index contributed by atoms with van der Waals surface area (Å²) >= 11 is 0. The molecule has 9 heteroatoms. The minimum atomic E-state index is 0.0715. The number of amides is 1. The van der Waals surface area contributed by atoms with Gasteiger partial charge in [0.1, 0.15) is 0 Å². The Hall–Kier alpha value is -2.25. The van der Waals surface area contributed by atoms with E-state index in [9.17, 15) is 4.79 Å².